The largest absolute Gasteiger partial charge is 0.497 e. The van der Waals surface area contributed by atoms with E-state index >= 15 is 0 Å². The van der Waals surface area contributed by atoms with Crippen LogP contribution < -0.4 is 25.0 Å². The molecular weight excluding hydrogens is 522 g/mol. The maximum absolute atomic E-state index is 6.65. The molecule has 1 saturated heterocycles. The molecule has 2 aliphatic rings. The van der Waals surface area contributed by atoms with Crippen LogP contribution in [0, 0.1) is 0 Å². The van der Waals surface area contributed by atoms with Gasteiger partial charge < -0.3 is 34.5 Å². The van der Waals surface area contributed by atoms with E-state index in [-0.39, 0.29) is 18.1 Å². The van der Waals surface area contributed by atoms with Crippen molar-refractivity contribution in [3.8, 4) is 11.5 Å². The molecule has 5 rings (SSSR count). The Hall–Kier alpha value is -3.41. The second-order valence-corrected chi connectivity index (χ2v) is 10.9. The van der Waals surface area contributed by atoms with Gasteiger partial charge >= 0.3 is 0 Å². The fourth-order valence-corrected chi connectivity index (χ4v) is 5.77. The molecule has 11 nitrogen and oxygen atoms in total. The molecule has 0 bridgehead atoms. The molecule has 3 heterocycles. The van der Waals surface area contributed by atoms with Gasteiger partial charge in [-0.15, -0.1) is 5.10 Å². The molecule has 0 saturated carbocycles. The number of anilines is 2. The molecule has 11 heteroatoms. The average Bonchev–Trinajstić information content (AvgIpc) is 3.52. The normalized spacial score (nSPS) is 21.1. The van der Waals surface area contributed by atoms with Gasteiger partial charge in [-0.3, -0.25) is 0 Å². The van der Waals surface area contributed by atoms with Gasteiger partial charge in [0, 0.05) is 44.8 Å². The molecule has 0 amide bonds. The summed E-state index contributed by atoms with van der Waals surface area (Å²) in [5.41, 5.74) is 3.58. The zero-order valence-corrected chi connectivity index (χ0v) is 24.3. The topological polar surface area (TPSA) is 119 Å². The molecule has 3 N–H and O–H groups in total. The van der Waals surface area contributed by atoms with Crippen LogP contribution in [0.2, 0.25) is 0 Å². The first kappa shape index (κ1) is 29.1. The summed E-state index contributed by atoms with van der Waals surface area (Å²) in [5, 5.41) is 21.2. The number of rotatable bonds is 14. The lowest BCUT2D eigenvalue weighted by atomic mass is 9.82. The number of nitrogens with zero attached hydrogens (tertiary/aromatic N) is 4. The number of nitrogens with one attached hydrogen (secondary N) is 3. The summed E-state index contributed by atoms with van der Waals surface area (Å²) in [6, 6.07) is 15.5. The molecular formula is C30H43N7O4. The van der Waals surface area contributed by atoms with Gasteiger partial charge in [-0.2, -0.15) is 5.21 Å². The second-order valence-electron chi connectivity index (χ2n) is 10.9. The van der Waals surface area contributed by atoms with E-state index in [1.54, 1.807) is 14.2 Å². The van der Waals surface area contributed by atoms with Crippen LogP contribution in [0.1, 0.15) is 49.7 Å². The van der Waals surface area contributed by atoms with Crippen molar-refractivity contribution in [2.24, 2.45) is 0 Å². The minimum atomic E-state index is 0.0552. The third-order valence-electron chi connectivity index (χ3n) is 8.03. The van der Waals surface area contributed by atoms with Gasteiger partial charge in [0.2, 0.25) is 0 Å². The summed E-state index contributed by atoms with van der Waals surface area (Å²) in [5.74, 6) is 2.62. The SMILES string of the molecule is COCCCN1CCOc2ccc(CO[C@H]3CNC(CC[C@@H](C)Nc4nn[nH]n4)CC3c3ccc(OC)cc3)cc21. The van der Waals surface area contributed by atoms with Crippen LogP contribution in [-0.4, -0.2) is 85.9 Å². The first-order valence-corrected chi connectivity index (χ1v) is 14.6. The maximum atomic E-state index is 6.65. The molecule has 0 aliphatic carbocycles. The molecule has 3 aromatic rings. The number of methoxy groups -OCH3 is 2. The molecule has 4 atom stereocenters. The molecule has 2 aliphatic heterocycles. The Bertz CT molecular complexity index is 1190. The highest BCUT2D eigenvalue weighted by Crippen LogP contribution is 2.35. The highest BCUT2D eigenvalue weighted by Gasteiger charge is 2.32. The van der Waals surface area contributed by atoms with Gasteiger partial charge in [-0.25, -0.2) is 0 Å². The Kier molecular flexibility index (Phi) is 10.3. The van der Waals surface area contributed by atoms with Crippen molar-refractivity contribution in [1.82, 2.24) is 25.9 Å². The lowest BCUT2D eigenvalue weighted by Gasteiger charge is -2.38. The smallest absolute Gasteiger partial charge is 0.263 e. The number of aromatic amines is 1. The monoisotopic (exact) mass is 565 g/mol. The number of fused-ring (bicyclic) bond motifs is 1. The van der Waals surface area contributed by atoms with E-state index in [4.69, 9.17) is 18.9 Å². The first-order valence-electron chi connectivity index (χ1n) is 14.6. The van der Waals surface area contributed by atoms with E-state index in [0.717, 1.165) is 74.7 Å². The highest BCUT2D eigenvalue weighted by molar-refractivity contribution is 5.61. The van der Waals surface area contributed by atoms with E-state index in [0.29, 0.717) is 25.2 Å². The van der Waals surface area contributed by atoms with Gasteiger partial charge in [-0.05, 0) is 73.2 Å². The van der Waals surface area contributed by atoms with Gasteiger partial charge in [0.1, 0.15) is 18.1 Å². The van der Waals surface area contributed by atoms with Gasteiger partial charge in [0.05, 0.1) is 32.1 Å². The minimum Gasteiger partial charge on any atom is -0.497 e. The van der Waals surface area contributed by atoms with Crippen LogP contribution in [0.4, 0.5) is 11.6 Å². The fraction of sp³-hybridized carbons (Fsp3) is 0.567. The number of aromatic nitrogens is 4. The van der Waals surface area contributed by atoms with Crippen molar-refractivity contribution in [2.75, 3.05) is 57.3 Å². The average molecular weight is 566 g/mol. The maximum Gasteiger partial charge on any atom is 0.263 e. The summed E-state index contributed by atoms with van der Waals surface area (Å²) < 4.78 is 23.3. The molecule has 0 radical (unpaired) electrons. The number of hydrogen-bond donors (Lipinski definition) is 3. The summed E-state index contributed by atoms with van der Waals surface area (Å²) in [6.45, 7) is 6.80. The van der Waals surface area contributed by atoms with Gasteiger partial charge in [-0.1, -0.05) is 23.3 Å². The number of tetrazole rings is 1. The number of piperidine rings is 1. The fourth-order valence-electron chi connectivity index (χ4n) is 5.77. The summed E-state index contributed by atoms with van der Waals surface area (Å²) in [7, 11) is 3.45. The molecule has 0 spiro atoms. The Balaban J connectivity index is 1.22. The molecule has 2 unspecified atom stereocenters. The van der Waals surface area contributed by atoms with E-state index < -0.39 is 0 Å². The second kappa shape index (κ2) is 14.5. The summed E-state index contributed by atoms with van der Waals surface area (Å²) >= 11 is 0. The van der Waals surface area contributed by atoms with Crippen LogP contribution in [-0.2, 0) is 16.1 Å². The minimum absolute atomic E-state index is 0.0552. The van der Waals surface area contributed by atoms with Crippen molar-refractivity contribution < 1.29 is 18.9 Å². The van der Waals surface area contributed by atoms with Crippen molar-refractivity contribution in [3.63, 3.8) is 0 Å². The van der Waals surface area contributed by atoms with Crippen LogP contribution in [0.25, 0.3) is 0 Å². The van der Waals surface area contributed by atoms with Crippen LogP contribution in [0.15, 0.2) is 42.5 Å². The Morgan fingerprint density at radius 2 is 2.05 bits per heavy atom. The number of benzene rings is 2. The van der Waals surface area contributed by atoms with Crippen LogP contribution >= 0.6 is 0 Å². The molecule has 222 valence electrons. The van der Waals surface area contributed by atoms with Crippen molar-refractivity contribution in [1.29, 1.82) is 0 Å². The lowest BCUT2D eigenvalue weighted by Crippen LogP contribution is -2.47. The van der Waals surface area contributed by atoms with Gasteiger partial charge in [0.25, 0.3) is 5.95 Å². The first-order chi connectivity index (χ1) is 20.1. The van der Waals surface area contributed by atoms with Crippen molar-refractivity contribution >= 4 is 11.6 Å². The summed E-state index contributed by atoms with van der Waals surface area (Å²) in [4.78, 5) is 2.39. The molecule has 2 aromatic carbocycles. The van der Waals surface area contributed by atoms with Crippen LogP contribution in [0.5, 0.6) is 11.5 Å². The van der Waals surface area contributed by atoms with E-state index in [1.165, 1.54) is 5.56 Å². The Morgan fingerprint density at radius 1 is 1.17 bits per heavy atom. The zero-order chi connectivity index (χ0) is 28.4. The number of H-pyrrole nitrogens is 1. The van der Waals surface area contributed by atoms with Crippen molar-refractivity contribution in [2.45, 2.75) is 63.3 Å². The number of ether oxygens (including phenoxy) is 4. The lowest BCUT2D eigenvalue weighted by molar-refractivity contribution is 0.00207. The predicted octanol–water partition coefficient (Wildman–Crippen LogP) is 3.76. The molecule has 1 fully saturated rings. The Labute approximate surface area is 242 Å². The highest BCUT2D eigenvalue weighted by atomic mass is 16.5. The van der Waals surface area contributed by atoms with Crippen molar-refractivity contribution in [3.05, 3.63) is 53.6 Å². The van der Waals surface area contributed by atoms with Gasteiger partial charge in [0.15, 0.2) is 0 Å². The third-order valence-corrected chi connectivity index (χ3v) is 8.03. The predicted molar refractivity (Wildman–Crippen MR) is 158 cm³/mol. The number of hydrogen-bond acceptors (Lipinski definition) is 10. The quantitative estimate of drug-likeness (QED) is 0.249. The zero-order valence-electron chi connectivity index (χ0n) is 24.3. The van der Waals surface area contributed by atoms with E-state index in [2.05, 4.69) is 73.4 Å². The van der Waals surface area contributed by atoms with E-state index in [1.807, 2.05) is 12.1 Å². The standard InChI is InChI=1S/C30H43N7O4/c1-21(32-30-33-35-36-34-30)5-9-24-18-26(23-7-10-25(39-3)11-8-23)29(19-31-24)41-20-22-6-12-28-27(17-22)37(14-16-40-28)13-4-15-38-2/h6-8,10-12,17,21,24,26,29,31H,4-5,9,13-16,18-20H2,1-3H3,(H2,32,33,34,35,36)/t21-,24?,26?,29+/m1/s1. The third kappa shape index (κ3) is 7.87. The molecule has 41 heavy (non-hydrogen) atoms. The Morgan fingerprint density at radius 3 is 2.83 bits per heavy atom. The molecule has 1 aromatic heterocycles. The van der Waals surface area contributed by atoms with Crippen LogP contribution in [0.3, 0.4) is 0 Å². The van der Waals surface area contributed by atoms with E-state index in [9.17, 15) is 0 Å². The summed E-state index contributed by atoms with van der Waals surface area (Å²) in [6.07, 6.45) is 4.07.